The van der Waals surface area contributed by atoms with Crippen molar-refractivity contribution in [3.8, 4) is 0 Å². The Morgan fingerprint density at radius 1 is 1.24 bits per heavy atom. The minimum atomic E-state index is -1.47. The minimum absolute atomic E-state index is 0.591. The molecule has 1 aliphatic carbocycles. The molecule has 17 heavy (non-hydrogen) atoms. The summed E-state index contributed by atoms with van der Waals surface area (Å²) in [4.78, 5) is 10.7. The SMILES string of the molecule is C[Si](C)(c1ccccc1)C1C=CC(C=O)=CC1. The number of carbonyl (C=O) groups excluding carboxylic acids is 1. The highest BCUT2D eigenvalue weighted by molar-refractivity contribution is 6.91. The molecule has 0 saturated carbocycles. The van der Waals surface area contributed by atoms with E-state index in [9.17, 15) is 4.79 Å². The van der Waals surface area contributed by atoms with E-state index in [0.717, 1.165) is 18.3 Å². The Morgan fingerprint density at radius 3 is 2.47 bits per heavy atom. The first-order valence-electron chi connectivity index (χ1n) is 6.03. The van der Waals surface area contributed by atoms with Crippen LogP contribution in [0.2, 0.25) is 18.6 Å². The van der Waals surface area contributed by atoms with Gasteiger partial charge in [0.25, 0.3) is 0 Å². The molecule has 0 aliphatic heterocycles. The predicted molar refractivity (Wildman–Crippen MR) is 75.2 cm³/mol. The van der Waals surface area contributed by atoms with Gasteiger partial charge in [0.05, 0.1) is 8.07 Å². The average molecular weight is 242 g/mol. The third-order valence-electron chi connectivity index (χ3n) is 3.71. The van der Waals surface area contributed by atoms with E-state index in [1.165, 1.54) is 5.19 Å². The molecule has 1 aromatic carbocycles. The fourth-order valence-electron chi connectivity index (χ4n) is 2.34. The van der Waals surface area contributed by atoms with Crippen molar-refractivity contribution in [2.24, 2.45) is 0 Å². The molecule has 0 spiro atoms. The highest BCUT2D eigenvalue weighted by atomic mass is 28.3. The second-order valence-corrected chi connectivity index (χ2v) is 9.87. The fraction of sp³-hybridized carbons (Fsp3) is 0.267. The van der Waals surface area contributed by atoms with Crippen LogP contribution in [0.25, 0.3) is 0 Å². The van der Waals surface area contributed by atoms with Crippen LogP contribution < -0.4 is 5.19 Å². The molecule has 0 saturated heterocycles. The number of benzene rings is 1. The maximum absolute atomic E-state index is 10.7. The molecule has 1 nitrogen and oxygen atoms in total. The van der Waals surface area contributed by atoms with Crippen LogP contribution in [0.3, 0.4) is 0 Å². The Labute approximate surface area is 104 Å². The summed E-state index contributed by atoms with van der Waals surface area (Å²) in [6, 6.07) is 10.8. The lowest BCUT2D eigenvalue weighted by Gasteiger charge is -2.31. The van der Waals surface area contributed by atoms with E-state index in [1.807, 2.05) is 6.08 Å². The first-order valence-corrected chi connectivity index (χ1v) is 9.11. The van der Waals surface area contributed by atoms with Gasteiger partial charge in [0.1, 0.15) is 6.29 Å². The van der Waals surface area contributed by atoms with Crippen molar-refractivity contribution >= 4 is 19.5 Å². The molecule has 2 rings (SSSR count). The predicted octanol–water partition coefficient (Wildman–Crippen LogP) is 3.06. The molecule has 0 heterocycles. The van der Waals surface area contributed by atoms with E-state index >= 15 is 0 Å². The smallest absolute Gasteiger partial charge is 0.149 e. The standard InChI is InChI=1S/C15H18OSi/c1-17(2,14-6-4-3-5-7-14)15-10-8-13(12-16)9-11-15/h3-10,12,15H,11H2,1-2H3. The summed E-state index contributed by atoms with van der Waals surface area (Å²) in [5.74, 6) is 0. The molecular weight excluding hydrogens is 224 g/mol. The van der Waals surface area contributed by atoms with E-state index in [4.69, 9.17) is 0 Å². The van der Waals surface area contributed by atoms with E-state index in [0.29, 0.717) is 5.54 Å². The Hall–Kier alpha value is -1.41. The summed E-state index contributed by atoms with van der Waals surface area (Å²) >= 11 is 0. The second kappa shape index (κ2) is 4.84. The van der Waals surface area contributed by atoms with Crippen molar-refractivity contribution in [2.75, 3.05) is 0 Å². The summed E-state index contributed by atoms with van der Waals surface area (Å²) in [7, 11) is -1.47. The molecule has 2 heteroatoms. The van der Waals surface area contributed by atoms with Crippen molar-refractivity contribution in [1.82, 2.24) is 0 Å². The number of rotatable bonds is 3. The Balaban J connectivity index is 2.22. The summed E-state index contributed by atoms with van der Waals surface area (Å²) < 4.78 is 0. The van der Waals surface area contributed by atoms with E-state index < -0.39 is 8.07 Å². The van der Waals surface area contributed by atoms with E-state index in [-0.39, 0.29) is 0 Å². The zero-order chi connectivity index (χ0) is 12.3. The van der Waals surface area contributed by atoms with Crippen LogP contribution in [0.5, 0.6) is 0 Å². The zero-order valence-corrected chi connectivity index (χ0v) is 11.4. The topological polar surface area (TPSA) is 17.1 Å². The minimum Gasteiger partial charge on any atom is -0.298 e. The molecule has 1 atom stereocenters. The average Bonchev–Trinajstić information content (AvgIpc) is 2.40. The van der Waals surface area contributed by atoms with Crippen LogP contribution in [-0.2, 0) is 4.79 Å². The molecule has 1 unspecified atom stereocenters. The van der Waals surface area contributed by atoms with E-state index in [1.54, 1.807) is 0 Å². The van der Waals surface area contributed by atoms with Gasteiger partial charge in [0.15, 0.2) is 0 Å². The van der Waals surface area contributed by atoms with Crippen LogP contribution in [0.4, 0.5) is 0 Å². The quantitative estimate of drug-likeness (QED) is 0.588. The van der Waals surface area contributed by atoms with Crippen LogP contribution in [-0.4, -0.2) is 14.4 Å². The van der Waals surface area contributed by atoms with Gasteiger partial charge in [-0.3, -0.25) is 4.79 Å². The van der Waals surface area contributed by atoms with Gasteiger partial charge in [-0.2, -0.15) is 0 Å². The van der Waals surface area contributed by atoms with Gasteiger partial charge in [-0.25, -0.2) is 0 Å². The van der Waals surface area contributed by atoms with Crippen LogP contribution in [0, 0.1) is 0 Å². The molecule has 0 amide bonds. The van der Waals surface area contributed by atoms with Crippen molar-refractivity contribution in [2.45, 2.75) is 25.1 Å². The Bertz CT molecular complexity index is 457. The largest absolute Gasteiger partial charge is 0.298 e. The van der Waals surface area contributed by atoms with Crippen LogP contribution in [0.15, 0.2) is 54.1 Å². The highest BCUT2D eigenvalue weighted by Gasteiger charge is 2.32. The second-order valence-electron chi connectivity index (χ2n) is 5.11. The van der Waals surface area contributed by atoms with Crippen molar-refractivity contribution in [1.29, 1.82) is 0 Å². The summed E-state index contributed by atoms with van der Waals surface area (Å²) in [5.41, 5.74) is 1.41. The first kappa shape index (κ1) is 12.1. The number of hydrogen-bond acceptors (Lipinski definition) is 1. The molecule has 0 bridgehead atoms. The third kappa shape index (κ3) is 2.47. The van der Waals surface area contributed by atoms with Crippen LogP contribution in [0.1, 0.15) is 6.42 Å². The normalized spacial score (nSPS) is 19.9. The van der Waals surface area contributed by atoms with Gasteiger partial charge < -0.3 is 0 Å². The Kier molecular flexibility index (Phi) is 3.43. The van der Waals surface area contributed by atoms with Crippen molar-refractivity contribution in [3.63, 3.8) is 0 Å². The Morgan fingerprint density at radius 2 is 1.94 bits per heavy atom. The number of carbonyl (C=O) groups is 1. The van der Waals surface area contributed by atoms with E-state index in [2.05, 4.69) is 55.6 Å². The molecule has 1 aliphatic rings. The van der Waals surface area contributed by atoms with Gasteiger partial charge in [-0.1, -0.05) is 66.8 Å². The number of hydrogen-bond donors (Lipinski definition) is 0. The van der Waals surface area contributed by atoms with Crippen LogP contribution >= 0.6 is 0 Å². The lowest BCUT2D eigenvalue weighted by Crippen LogP contribution is -2.45. The number of aldehydes is 1. The summed E-state index contributed by atoms with van der Waals surface area (Å²) in [6.45, 7) is 4.80. The number of allylic oxidation sites excluding steroid dienone is 4. The highest BCUT2D eigenvalue weighted by Crippen LogP contribution is 2.30. The van der Waals surface area contributed by atoms with Gasteiger partial charge in [-0.05, 0) is 12.0 Å². The summed E-state index contributed by atoms with van der Waals surface area (Å²) in [5, 5.41) is 1.48. The molecule has 0 N–H and O–H groups in total. The van der Waals surface area contributed by atoms with Gasteiger partial charge >= 0.3 is 0 Å². The molecule has 1 aromatic rings. The van der Waals surface area contributed by atoms with Gasteiger partial charge in [0.2, 0.25) is 0 Å². The summed E-state index contributed by atoms with van der Waals surface area (Å²) in [6.07, 6.45) is 8.19. The monoisotopic (exact) mass is 242 g/mol. The fourth-order valence-corrected chi connectivity index (χ4v) is 5.11. The molecular formula is C15H18OSi. The lowest BCUT2D eigenvalue weighted by molar-refractivity contribution is -0.104. The molecule has 88 valence electrons. The third-order valence-corrected chi connectivity index (χ3v) is 7.81. The van der Waals surface area contributed by atoms with Gasteiger partial charge in [-0.15, -0.1) is 0 Å². The molecule has 0 radical (unpaired) electrons. The molecule has 0 fully saturated rings. The van der Waals surface area contributed by atoms with Crippen molar-refractivity contribution < 1.29 is 4.79 Å². The lowest BCUT2D eigenvalue weighted by atomic mass is 10.1. The maximum atomic E-state index is 10.7. The molecule has 0 aromatic heterocycles. The van der Waals surface area contributed by atoms with Crippen molar-refractivity contribution in [3.05, 3.63) is 54.1 Å². The first-order chi connectivity index (χ1) is 8.14. The maximum Gasteiger partial charge on any atom is 0.149 e. The van der Waals surface area contributed by atoms with Gasteiger partial charge in [0, 0.05) is 5.57 Å². The zero-order valence-electron chi connectivity index (χ0n) is 10.4.